The molecule has 0 aliphatic carbocycles. The number of H-pyrrole nitrogens is 1. The van der Waals surface area contributed by atoms with E-state index in [1.54, 1.807) is 12.4 Å². The molecule has 0 aliphatic rings. The zero-order valence-corrected chi connectivity index (χ0v) is 17.1. The number of nitrogens with one attached hydrogen (secondary N) is 3. The third-order valence-corrected chi connectivity index (χ3v) is 5.10. The lowest BCUT2D eigenvalue weighted by Crippen LogP contribution is -2.26. The van der Waals surface area contributed by atoms with Crippen molar-refractivity contribution < 1.29 is 4.79 Å². The number of aromatic nitrogens is 3. The van der Waals surface area contributed by atoms with Crippen molar-refractivity contribution in [2.75, 3.05) is 11.9 Å². The Bertz CT molecular complexity index is 1150. The van der Waals surface area contributed by atoms with Crippen molar-refractivity contribution in [3.8, 4) is 0 Å². The molecule has 0 unspecified atom stereocenters. The van der Waals surface area contributed by atoms with Gasteiger partial charge in [-0.2, -0.15) is 0 Å². The molecule has 152 valence electrons. The van der Waals surface area contributed by atoms with Crippen LogP contribution in [0, 0.1) is 0 Å². The molecule has 4 aromatic rings. The second kappa shape index (κ2) is 8.78. The second-order valence-corrected chi connectivity index (χ2v) is 7.53. The highest BCUT2D eigenvalue weighted by atomic mass is 16.1. The van der Waals surface area contributed by atoms with Gasteiger partial charge in [0.25, 0.3) is 5.91 Å². The molecule has 0 saturated heterocycles. The smallest absolute Gasteiger partial charge is 0.254 e. The molecule has 6 nitrogen and oxygen atoms in total. The van der Waals surface area contributed by atoms with Crippen LogP contribution in [0.1, 0.15) is 41.3 Å². The minimum atomic E-state index is -0.177. The summed E-state index contributed by atoms with van der Waals surface area (Å²) in [7, 11) is 0. The number of carbonyl (C=O) groups is 1. The summed E-state index contributed by atoms with van der Waals surface area (Å²) in [5.74, 6) is 0.679. The zero-order chi connectivity index (χ0) is 20.9. The average molecular weight is 399 g/mol. The van der Waals surface area contributed by atoms with Gasteiger partial charge in [-0.1, -0.05) is 50.2 Å². The van der Waals surface area contributed by atoms with Crippen molar-refractivity contribution in [3.05, 3.63) is 83.8 Å². The summed E-state index contributed by atoms with van der Waals surface area (Å²) in [4.78, 5) is 24.3. The third-order valence-electron chi connectivity index (χ3n) is 5.10. The van der Waals surface area contributed by atoms with Gasteiger partial charge in [0.15, 0.2) is 0 Å². The van der Waals surface area contributed by atoms with E-state index in [0.717, 1.165) is 17.6 Å². The highest BCUT2D eigenvalue weighted by Gasteiger charge is 2.10. The molecule has 2 heterocycles. The molecule has 1 amide bonds. The Morgan fingerprint density at radius 3 is 2.57 bits per heavy atom. The fourth-order valence-electron chi connectivity index (χ4n) is 3.50. The lowest BCUT2D eigenvalue weighted by Gasteiger charge is -2.13. The zero-order valence-electron chi connectivity index (χ0n) is 17.1. The van der Waals surface area contributed by atoms with E-state index in [2.05, 4.69) is 51.6 Å². The van der Waals surface area contributed by atoms with Gasteiger partial charge in [-0.3, -0.25) is 4.79 Å². The number of amides is 1. The Morgan fingerprint density at radius 1 is 1.03 bits per heavy atom. The summed E-state index contributed by atoms with van der Waals surface area (Å²) >= 11 is 0. The van der Waals surface area contributed by atoms with Crippen LogP contribution < -0.4 is 10.6 Å². The van der Waals surface area contributed by atoms with Gasteiger partial charge in [-0.05, 0) is 35.6 Å². The minimum Gasteiger partial charge on any atom is -0.361 e. The first-order valence-corrected chi connectivity index (χ1v) is 10.1. The van der Waals surface area contributed by atoms with Crippen molar-refractivity contribution in [2.45, 2.75) is 26.2 Å². The fraction of sp³-hybridized carbons (Fsp3) is 0.208. The van der Waals surface area contributed by atoms with Crippen LogP contribution in [-0.2, 0) is 6.42 Å². The molecule has 0 atom stereocenters. The molecule has 6 heteroatoms. The first-order valence-electron chi connectivity index (χ1n) is 10.1. The largest absolute Gasteiger partial charge is 0.361 e. The number of benzene rings is 2. The van der Waals surface area contributed by atoms with Crippen molar-refractivity contribution in [2.24, 2.45) is 0 Å². The predicted octanol–water partition coefficient (Wildman–Crippen LogP) is 4.80. The first-order chi connectivity index (χ1) is 14.6. The van der Waals surface area contributed by atoms with Crippen LogP contribution in [0.25, 0.3) is 10.9 Å². The van der Waals surface area contributed by atoms with Crippen molar-refractivity contribution >= 4 is 28.4 Å². The molecule has 0 saturated carbocycles. The van der Waals surface area contributed by atoms with Crippen LogP contribution >= 0.6 is 0 Å². The quantitative estimate of drug-likeness (QED) is 0.417. The third kappa shape index (κ3) is 4.33. The Labute approximate surface area is 175 Å². The maximum atomic E-state index is 12.4. The number of hydrogen-bond donors (Lipinski definition) is 3. The van der Waals surface area contributed by atoms with Gasteiger partial charge in [0.1, 0.15) is 0 Å². The summed E-state index contributed by atoms with van der Waals surface area (Å²) in [5, 5.41) is 7.37. The molecule has 0 radical (unpaired) electrons. The van der Waals surface area contributed by atoms with Crippen molar-refractivity contribution in [3.63, 3.8) is 0 Å². The molecule has 3 N–H and O–H groups in total. The van der Waals surface area contributed by atoms with E-state index in [9.17, 15) is 4.79 Å². The van der Waals surface area contributed by atoms with E-state index in [1.165, 1.54) is 16.5 Å². The van der Waals surface area contributed by atoms with Gasteiger partial charge in [0.05, 0.1) is 5.56 Å². The molecule has 0 fully saturated rings. The number of carbonyl (C=O) groups excluding carboxylic acids is 1. The number of aromatic amines is 1. The lowest BCUT2D eigenvalue weighted by atomic mass is 10.0. The van der Waals surface area contributed by atoms with Gasteiger partial charge in [0, 0.05) is 41.7 Å². The van der Waals surface area contributed by atoms with Crippen molar-refractivity contribution in [1.82, 2.24) is 20.3 Å². The highest BCUT2D eigenvalue weighted by Crippen LogP contribution is 2.25. The highest BCUT2D eigenvalue weighted by molar-refractivity contribution is 5.93. The maximum Gasteiger partial charge on any atom is 0.254 e. The Kier molecular flexibility index (Phi) is 5.75. The minimum absolute atomic E-state index is 0.177. The Hall–Kier alpha value is -3.67. The number of rotatable bonds is 7. The van der Waals surface area contributed by atoms with E-state index < -0.39 is 0 Å². The van der Waals surface area contributed by atoms with Crippen LogP contribution in [0.2, 0.25) is 0 Å². The Morgan fingerprint density at radius 2 is 1.77 bits per heavy atom. The van der Waals surface area contributed by atoms with Crippen molar-refractivity contribution in [1.29, 1.82) is 0 Å². The SMILES string of the molecule is CC(C)c1ccccc1Nc1ncc(C(=O)NCCc2c[nH]c3ccccc23)cn1. The van der Waals surface area contributed by atoms with Gasteiger partial charge >= 0.3 is 0 Å². The van der Waals surface area contributed by atoms with Gasteiger partial charge in [-0.15, -0.1) is 0 Å². The predicted molar refractivity (Wildman–Crippen MR) is 120 cm³/mol. The second-order valence-electron chi connectivity index (χ2n) is 7.53. The molecule has 30 heavy (non-hydrogen) atoms. The summed E-state index contributed by atoms with van der Waals surface area (Å²) in [6.07, 6.45) is 5.85. The van der Waals surface area contributed by atoms with Crippen LogP contribution in [-0.4, -0.2) is 27.4 Å². The summed E-state index contributed by atoms with van der Waals surface area (Å²) < 4.78 is 0. The molecule has 0 spiro atoms. The van der Waals surface area contributed by atoms with Gasteiger partial charge in [0.2, 0.25) is 5.95 Å². The summed E-state index contributed by atoms with van der Waals surface area (Å²) in [6, 6.07) is 16.2. The number of para-hydroxylation sites is 2. The normalized spacial score (nSPS) is 11.0. The average Bonchev–Trinajstić information content (AvgIpc) is 3.17. The van der Waals surface area contributed by atoms with Crippen LogP contribution in [0.4, 0.5) is 11.6 Å². The van der Waals surface area contributed by atoms with E-state index in [1.807, 2.05) is 42.6 Å². The molecule has 4 rings (SSSR count). The van der Waals surface area contributed by atoms with E-state index in [4.69, 9.17) is 0 Å². The standard InChI is InChI=1S/C24H25N5O/c1-16(2)19-7-3-6-10-22(19)29-24-27-14-18(15-28-24)23(30)25-12-11-17-13-26-21-9-5-4-8-20(17)21/h3-10,13-16,26H,11-12H2,1-2H3,(H,25,30)(H,27,28,29). The van der Waals surface area contributed by atoms with Crippen LogP contribution in [0.5, 0.6) is 0 Å². The molecule has 2 aromatic carbocycles. The lowest BCUT2D eigenvalue weighted by molar-refractivity contribution is 0.0953. The number of fused-ring (bicyclic) bond motifs is 1. The topological polar surface area (TPSA) is 82.7 Å². The fourth-order valence-corrected chi connectivity index (χ4v) is 3.50. The van der Waals surface area contributed by atoms with E-state index in [-0.39, 0.29) is 5.91 Å². The molecular weight excluding hydrogens is 374 g/mol. The van der Waals surface area contributed by atoms with Crippen LogP contribution in [0.3, 0.4) is 0 Å². The summed E-state index contributed by atoms with van der Waals surface area (Å²) in [5.41, 5.74) is 4.90. The molecule has 0 aliphatic heterocycles. The van der Waals surface area contributed by atoms with Crippen LogP contribution in [0.15, 0.2) is 67.1 Å². The summed E-state index contributed by atoms with van der Waals surface area (Å²) in [6.45, 7) is 4.83. The number of nitrogens with zero attached hydrogens (tertiary/aromatic N) is 2. The number of hydrogen-bond acceptors (Lipinski definition) is 4. The molecule has 0 bridgehead atoms. The maximum absolute atomic E-state index is 12.4. The number of anilines is 2. The monoisotopic (exact) mass is 399 g/mol. The molecular formula is C24H25N5O. The van der Waals surface area contributed by atoms with E-state index in [0.29, 0.717) is 24.0 Å². The van der Waals surface area contributed by atoms with Gasteiger partial charge < -0.3 is 15.6 Å². The van der Waals surface area contributed by atoms with Gasteiger partial charge in [-0.25, -0.2) is 9.97 Å². The van der Waals surface area contributed by atoms with E-state index >= 15 is 0 Å². The first kappa shape index (κ1) is 19.6. The Balaban J connectivity index is 1.35. The molecule has 2 aromatic heterocycles.